The van der Waals surface area contributed by atoms with E-state index in [9.17, 15) is 8.42 Å². The molecule has 26 heavy (non-hydrogen) atoms. The maximum atomic E-state index is 12.7. The highest BCUT2D eigenvalue weighted by atomic mass is 32.2. The Morgan fingerprint density at radius 2 is 2.00 bits per heavy atom. The molecule has 5 nitrogen and oxygen atoms in total. The van der Waals surface area contributed by atoms with E-state index in [1.165, 1.54) is 11.1 Å². The van der Waals surface area contributed by atoms with Crippen molar-refractivity contribution in [3.8, 4) is 0 Å². The van der Waals surface area contributed by atoms with E-state index in [4.69, 9.17) is 9.47 Å². The summed E-state index contributed by atoms with van der Waals surface area (Å²) >= 11 is 0. The molecule has 144 valence electrons. The predicted octanol–water partition coefficient (Wildman–Crippen LogP) is 2.44. The number of rotatable bonds is 7. The number of benzene rings is 1. The molecule has 2 fully saturated rings. The fraction of sp³-hybridized carbons (Fsp3) is 0.700. The highest BCUT2D eigenvalue weighted by Crippen LogP contribution is 2.46. The van der Waals surface area contributed by atoms with Crippen LogP contribution in [0, 0.1) is 5.92 Å². The van der Waals surface area contributed by atoms with Crippen LogP contribution < -0.4 is 4.72 Å². The van der Waals surface area contributed by atoms with Crippen LogP contribution in [0.3, 0.4) is 0 Å². The summed E-state index contributed by atoms with van der Waals surface area (Å²) in [5, 5.41) is 0. The van der Waals surface area contributed by atoms with Gasteiger partial charge in [0.05, 0.1) is 17.9 Å². The summed E-state index contributed by atoms with van der Waals surface area (Å²) in [6.07, 6.45) is 5.28. The Bertz CT molecular complexity index is 717. The van der Waals surface area contributed by atoms with Gasteiger partial charge in [-0.3, -0.25) is 0 Å². The SMILES string of the molecule is CCOC1CC(NS(=O)(=O)CCC2Cc3ccccc3C2)C12CCCO2. The molecule has 3 unspecified atom stereocenters. The van der Waals surface area contributed by atoms with E-state index in [1.54, 1.807) is 0 Å². The maximum absolute atomic E-state index is 12.7. The first kappa shape index (κ1) is 18.4. The molecule has 1 spiro atoms. The van der Waals surface area contributed by atoms with Crippen LogP contribution in [0.4, 0.5) is 0 Å². The average molecular weight is 380 g/mol. The van der Waals surface area contributed by atoms with Crippen molar-refractivity contribution in [2.75, 3.05) is 19.0 Å². The summed E-state index contributed by atoms with van der Waals surface area (Å²) in [6.45, 7) is 3.30. The third kappa shape index (κ3) is 3.44. The Hall–Kier alpha value is -0.950. The largest absolute Gasteiger partial charge is 0.375 e. The minimum atomic E-state index is -3.30. The molecule has 1 aromatic carbocycles. The Labute approximate surface area is 156 Å². The molecule has 1 aromatic rings. The lowest BCUT2D eigenvalue weighted by Gasteiger charge is -2.52. The van der Waals surface area contributed by atoms with Crippen molar-refractivity contribution in [3.05, 3.63) is 35.4 Å². The van der Waals surface area contributed by atoms with Crippen LogP contribution in [0.1, 0.15) is 43.7 Å². The summed E-state index contributed by atoms with van der Waals surface area (Å²) < 4.78 is 40.0. The molecule has 1 saturated heterocycles. The third-order valence-corrected chi connectivity index (χ3v) is 7.70. The monoisotopic (exact) mass is 379 g/mol. The Morgan fingerprint density at radius 1 is 1.27 bits per heavy atom. The molecule has 6 heteroatoms. The normalized spacial score (nSPS) is 31.3. The van der Waals surface area contributed by atoms with Gasteiger partial charge < -0.3 is 9.47 Å². The zero-order chi connectivity index (χ0) is 18.2. The Balaban J connectivity index is 1.32. The second-order valence-corrected chi connectivity index (χ2v) is 9.78. The molecular weight excluding hydrogens is 350 g/mol. The van der Waals surface area contributed by atoms with E-state index in [-0.39, 0.29) is 17.9 Å². The zero-order valence-electron chi connectivity index (χ0n) is 15.4. The molecule has 3 atom stereocenters. The van der Waals surface area contributed by atoms with Gasteiger partial charge in [-0.1, -0.05) is 24.3 Å². The third-order valence-electron chi connectivity index (χ3n) is 6.29. The molecule has 4 rings (SSSR count). The molecule has 1 N–H and O–H groups in total. The van der Waals surface area contributed by atoms with Gasteiger partial charge in [0.25, 0.3) is 0 Å². The van der Waals surface area contributed by atoms with Crippen LogP contribution in [0.15, 0.2) is 24.3 Å². The molecule has 0 aromatic heterocycles. The van der Waals surface area contributed by atoms with Crippen molar-refractivity contribution >= 4 is 10.0 Å². The van der Waals surface area contributed by atoms with Gasteiger partial charge in [0, 0.05) is 13.2 Å². The van der Waals surface area contributed by atoms with Gasteiger partial charge in [-0.25, -0.2) is 13.1 Å². The van der Waals surface area contributed by atoms with Crippen LogP contribution in [0.25, 0.3) is 0 Å². The lowest BCUT2D eigenvalue weighted by molar-refractivity contribution is -0.193. The van der Waals surface area contributed by atoms with E-state index < -0.39 is 15.6 Å². The predicted molar refractivity (Wildman–Crippen MR) is 101 cm³/mol. The van der Waals surface area contributed by atoms with Gasteiger partial charge in [0.15, 0.2) is 0 Å². The summed E-state index contributed by atoms with van der Waals surface area (Å²) in [5.74, 6) is 0.621. The minimum absolute atomic E-state index is 0.0204. The number of hydrogen-bond donors (Lipinski definition) is 1. The zero-order valence-corrected chi connectivity index (χ0v) is 16.3. The molecular formula is C20H29NO4S. The van der Waals surface area contributed by atoms with Gasteiger partial charge in [-0.05, 0) is 62.5 Å². The van der Waals surface area contributed by atoms with E-state index in [1.807, 2.05) is 6.92 Å². The number of ether oxygens (including phenoxy) is 2. The van der Waals surface area contributed by atoms with E-state index in [0.29, 0.717) is 32.0 Å². The molecule has 0 amide bonds. The van der Waals surface area contributed by atoms with Gasteiger partial charge in [-0.15, -0.1) is 0 Å². The maximum Gasteiger partial charge on any atom is 0.211 e. The minimum Gasteiger partial charge on any atom is -0.375 e. The van der Waals surface area contributed by atoms with Crippen molar-refractivity contribution in [1.29, 1.82) is 0 Å². The molecule has 0 bridgehead atoms. The van der Waals surface area contributed by atoms with E-state index in [2.05, 4.69) is 29.0 Å². The summed E-state index contributed by atoms with van der Waals surface area (Å²) in [4.78, 5) is 0. The first-order chi connectivity index (χ1) is 12.5. The lowest BCUT2D eigenvalue weighted by atomic mass is 9.70. The standard InChI is InChI=1S/C20H29NO4S/c1-2-24-19-14-18(20(19)9-5-10-25-20)21-26(22,23)11-8-15-12-16-6-3-4-7-17(16)13-15/h3-4,6-7,15,18-19,21H,2,5,8-14H2,1H3. The fourth-order valence-electron chi connectivity index (χ4n) is 4.90. The quantitative estimate of drug-likeness (QED) is 0.790. The van der Waals surface area contributed by atoms with Crippen molar-refractivity contribution in [3.63, 3.8) is 0 Å². The first-order valence-electron chi connectivity index (χ1n) is 9.85. The van der Waals surface area contributed by atoms with Gasteiger partial charge >= 0.3 is 0 Å². The molecule has 0 radical (unpaired) electrons. The average Bonchev–Trinajstić information content (AvgIpc) is 3.27. The number of sulfonamides is 1. The summed E-state index contributed by atoms with van der Waals surface area (Å²) in [5.41, 5.74) is 2.31. The number of hydrogen-bond acceptors (Lipinski definition) is 4. The highest BCUT2D eigenvalue weighted by molar-refractivity contribution is 7.89. The van der Waals surface area contributed by atoms with E-state index >= 15 is 0 Å². The highest BCUT2D eigenvalue weighted by Gasteiger charge is 2.59. The van der Waals surface area contributed by atoms with Crippen molar-refractivity contribution in [2.45, 2.75) is 63.2 Å². The summed E-state index contributed by atoms with van der Waals surface area (Å²) in [7, 11) is -3.30. The van der Waals surface area contributed by atoms with E-state index in [0.717, 1.165) is 25.7 Å². The van der Waals surface area contributed by atoms with Crippen molar-refractivity contribution in [2.24, 2.45) is 5.92 Å². The van der Waals surface area contributed by atoms with Crippen molar-refractivity contribution in [1.82, 2.24) is 4.72 Å². The van der Waals surface area contributed by atoms with Crippen LogP contribution in [0.5, 0.6) is 0 Å². The van der Waals surface area contributed by atoms with Crippen molar-refractivity contribution < 1.29 is 17.9 Å². The van der Waals surface area contributed by atoms with Gasteiger partial charge in [-0.2, -0.15) is 0 Å². The van der Waals surface area contributed by atoms with Gasteiger partial charge in [0.2, 0.25) is 10.0 Å². The fourth-order valence-corrected chi connectivity index (χ4v) is 6.39. The van der Waals surface area contributed by atoms with Gasteiger partial charge in [0.1, 0.15) is 5.60 Å². The molecule has 1 heterocycles. The smallest absolute Gasteiger partial charge is 0.211 e. The van der Waals surface area contributed by atoms with Crippen LogP contribution in [-0.4, -0.2) is 45.1 Å². The molecule has 1 aliphatic heterocycles. The Kier molecular flexibility index (Phi) is 5.12. The second-order valence-electron chi connectivity index (χ2n) is 7.91. The van der Waals surface area contributed by atoms with Crippen LogP contribution >= 0.6 is 0 Å². The van der Waals surface area contributed by atoms with Crippen LogP contribution in [-0.2, 0) is 32.3 Å². The van der Waals surface area contributed by atoms with Crippen LogP contribution in [0.2, 0.25) is 0 Å². The number of fused-ring (bicyclic) bond motifs is 1. The number of nitrogens with one attached hydrogen (secondary N) is 1. The molecule has 1 saturated carbocycles. The second kappa shape index (κ2) is 7.23. The first-order valence-corrected chi connectivity index (χ1v) is 11.5. The molecule has 3 aliphatic rings. The molecule has 2 aliphatic carbocycles. The Morgan fingerprint density at radius 3 is 2.62 bits per heavy atom. The lowest BCUT2D eigenvalue weighted by Crippen LogP contribution is -2.69. The summed E-state index contributed by atoms with van der Waals surface area (Å²) in [6, 6.07) is 8.29. The topological polar surface area (TPSA) is 64.6 Å².